The number of halogens is 1. The number of benzene rings is 1. The van der Waals surface area contributed by atoms with E-state index in [0.29, 0.717) is 6.54 Å². The maximum atomic E-state index is 11.8. The topological polar surface area (TPSA) is 65.4 Å². The first-order chi connectivity index (χ1) is 9.51. The van der Waals surface area contributed by atoms with Crippen molar-refractivity contribution in [3.05, 3.63) is 22.2 Å². The second-order valence-electron chi connectivity index (χ2n) is 4.81. The first-order valence-electron chi connectivity index (χ1n) is 6.36. The van der Waals surface area contributed by atoms with Crippen LogP contribution in [-0.4, -0.2) is 31.6 Å². The number of ether oxygens (including phenoxy) is 1. The van der Waals surface area contributed by atoms with Crippen molar-refractivity contribution in [1.29, 1.82) is 5.26 Å². The summed E-state index contributed by atoms with van der Waals surface area (Å²) < 4.78 is 6.80. The average Bonchev–Trinajstić information content (AvgIpc) is 2.38. The van der Waals surface area contributed by atoms with Crippen LogP contribution in [0.3, 0.4) is 0 Å². The number of nitriles is 1. The molecule has 1 aromatic rings. The molecule has 1 aliphatic rings. The number of hydrogen-bond donors (Lipinski definition) is 1. The molecule has 0 saturated heterocycles. The average molecular weight is 338 g/mol. The van der Waals surface area contributed by atoms with Crippen LogP contribution in [0.5, 0.6) is 5.75 Å². The zero-order valence-corrected chi connectivity index (χ0v) is 13.0. The lowest BCUT2D eigenvalue weighted by Gasteiger charge is -2.35. The molecule has 0 unspecified atom stereocenters. The summed E-state index contributed by atoms with van der Waals surface area (Å²) in [6.45, 7) is 4.86. The second-order valence-corrected chi connectivity index (χ2v) is 5.67. The molecule has 0 saturated carbocycles. The Kier molecular flexibility index (Phi) is 4.50. The fourth-order valence-electron chi connectivity index (χ4n) is 2.17. The molecule has 106 valence electrons. The molecule has 5 nitrogen and oxygen atoms in total. The van der Waals surface area contributed by atoms with Crippen LogP contribution in [0.1, 0.15) is 12.5 Å². The summed E-state index contributed by atoms with van der Waals surface area (Å²) in [6, 6.07) is 5.83. The van der Waals surface area contributed by atoms with E-state index in [1.807, 2.05) is 36.9 Å². The lowest BCUT2D eigenvalue weighted by Crippen LogP contribution is -2.44. The standard InChI is InChI=1S/C14H16BrN3O2/c1-9-5-13-12(6-11(9)15)18(7-10(2)20-13)8-14(19)17-4-3-16/h5-6,10H,4,7-8H2,1-2H3,(H,17,19)/t10-/m0/s1. The molecule has 0 aliphatic carbocycles. The van der Waals surface area contributed by atoms with Crippen LogP contribution < -0.4 is 15.0 Å². The Morgan fingerprint density at radius 3 is 3.10 bits per heavy atom. The Morgan fingerprint density at radius 1 is 1.65 bits per heavy atom. The lowest BCUT2D eigenvalue weighted by molar-refractivity contribution is -0.119. The summed E-state index contributed by atoms with van der Waals surface area (Å²) >= 11 is 3.50. The molecule has 1 aromatic carbocycles. The predicted octanol–water partition coefficient (Wildman–Crippen LogP) is 1.98. The van der Waals surface area contributed by atoms with Crippen LogP contribution in [0.15, 0.2) is 16.6 Å². The van der Waals surface area contributed by atoms with Crippen molar-refractivity contribution < 1.29 is 9.53 Å². The van der Waals surface area contributed by atoms with Gasteiger partial charge in [0.2, 0.25) is 5.91 Å². The number of nitrogens with zero attached hydrogens (tertiary/aromatic N) is 2. The highest BCUT2D eigenvalue weighted by atomic mass is 79.9. The number of fused-ring (bicyclic) bond motifs is 1. The maximum absolute atomic E-state index is 11.8. The minimum Gasteiger partial charge on any atom is -0.487 e. The summed E-state index contributed by atoms with van der Waals surface area (Å²) in [5.41, 5.74) is 1.99. The highest BCUT2D eigenvalue weighted by Gasteiger charge is 2.25. The number of carbonyl (C=O) groups is 1. The van der Waals surface area contributed by atoms with Crippen LogP contribution in [0, 0.1) is 18.3 Å². The third-order valence-electron chi connectivity index (χ3n) is 3.09. The van der Waals surface area contributed by atoms with Gasteiger partial charge in [0.25, 0.3) is 0 Å². The van der Waals surface area contributed by atoms with Crippen molar-refractivity contribution in [3.8, 4) is 11.8 Å². The Balaban J connectivity index is 2.21. The molecule has 2 rings (SSSR count). The number of amides is 1. The van der Waals surface area contributed by atoms with Crippen LogP contribution in [0.2, 0.25) is 0 Å². The van der Waals surface area contributed by atoms with Gasteiger partial charge in [-0.05, 0) is 31.5 Å². The number of anilines is 1. The van der Waals surface area contributed by atoms with Crippen LogP contribution >= 0.6 is 15.9 Å². The number of rotatable bonds is 3. The monoisotopic (exact) mass is 337 g/mol. The molecular formula is C14H16BrN3O2. The first kappa shape index (κ1) is 14.7. The fourth-order valence-corrected chi connectivity index (χ4v) is 2.50. The van der Waals surface area contributed by atoms with Crippen LogP contribution in [0.4, 0.5) is 5.69 Å². The highest BCUT2D eigenvalue weighted by molar-refractivity contribution is 9.10. The van der Waals surface area contributed by atoms with E-state index in [2.05, 4.69) is 21.2 Å². The van der Waals surface area contributed by atoms with Gasteiger partial charge in [0.1, 0.15) is 18.4 Å². The van der Waals surface area contributed by atoms with Crippen molar-refractivity contribution in [2.24, 2.45) is 0 Å². The van der Waals surface area contributed by atoms with E-state index in [4.69, 9.17) is 10.00 Å². The van der Waals surface area contributed by atoms with E-state index in [1.54, 1.807) is 0 Å². The van der Waals surface area contributed by atoms with Crippen molar-refractivity contribution in [1.82, 2.24) is 5.32 Å². The Hall–Kier alpha value is -1.74. The first-order valence-corrected chi connectivity index (χ1v) is 7.16. The lowest BCUT2D eigenvalue weighted by atomic mass is 10.1. The van der Waals surface area contributed by atoms with Gasteiger partial charge in [-0.2, -0.15) is 5.26 Å². The number of nitrogens with one attached hydrogen (secondary N) is 1. The van der Waals surface area contributed by atoms with Crippen LogP contribution in [-0.2, 0) is 4.79 Å². The molecule has 1 atom stereocenters. The summed E-state index contributed by atoms with van der Waals surface area (Å²) in [7, 11) is 0. The molecule has 0 bridgehead atoms. The fraction of sp³-hybridized carbons (Fsp3) is 0.429. The Morgan fingerprint density at radius 2 is 2.40 bits per heavy atom. The molecule has 20 heavy (non-hydrogen) atoms. The minimum absolute atomic E-state index is 0.0202. The van der Waals surface area contributed by atoms with Gasteiger partial charge in [0, 0.05) is 4.47 Å². The molecule has 0 radical (unpaired) electrons. The van der Waals surface area contributed by atoms with Gasteiger partial charge in [-0.25, -0.2) is 0 Å². The van der Waals surface area contributed by atoms with Gasteiger partial charge in [0.05, 0.1) is 24.8 Å². The number of carbonyl (C=O) groups excluding carboxylic acids is 1. The summed E-state index contributed by atoms with van der Waals surface area (Å²) in [5, 5.41) is 11.0. The summed E-state index contributed by atoms with van der Waals surface area (Å²) in [5.74, 6) is 0.626. The largest absolute Gasteiger partial charge is 0.487 e. The van der Waals surface area contributed by atoms with Crippen molar-refractivity contribution in [3.63, 3.8) is 0 Å². The van der Waals surface area contributed by atoms with E-state index >= 15 is 0 Å². The molecule has 6 heteroatoms. The van der Waals surface area contributed by atoms with E-state index in [0.717, 1.165) is 21.5 Å². The second kappa shape index (κ2) is 6.14. The number of aryl methyl sites for hydroxylation is 1. The van der Waals surface area contributed by atoms with Gasteiger partial charge in [-0.15, -0.1) is 0 Å². The summed E-state index contributed by atoms with van der Waals surface area (Å²) in [4.78, 5) is 13.8. The SMILES string of the molecule is Cc1cc2c(cc1Br)N(CC(=O)NCC#N)C[C@H](C)O2. The predicted molar refractivity (Wildman–Crippen MR) is 79.8 cm³/mol. The van der Waals surface area contributed by atoms with Gasteiger partial charge < -0.3 is 15.0 Å². The third kappa shape index (κ3) is 3.23. The van der Waals surface area contributed by atoms with Crippen molar-refractivity contribution in [2.45, 2.75) is 20.0 Å². The molecule has 1 heterocycles. The normalized spacial score (nSPS) is 16.9. The molecule has 1 aliphatic heterocycles. The minimum atomic E-state index is -0.164. The molecule has 1 amide bonds. The molecule has 0 aromatic heterocycles. The van der Waals surface area contributed by atoms with Gasteiger partial charge in [0.15, 0.2) is 0 Å². The van der Waals surface area contributed by atoms with Crippen LogP contribution in [0.25, 0.3) is 0 Å². The Labute approximate surface area is 126 Å². The van der Waals surface area contributed by atoms with Gasteiger partial charge >= 0.3 is 0 Å². The Bertz CT molecular complexity index is 568. The smallest absolute Gasteiger partial charge is 0.240 e. The molecule has 0 fully saturated rings. The van der Waals surface area contributed by atoms with E-state index < -0.39 is 0 Å². The van der Waals surface area contributed by atoms with Gasteiger partial charge in [-0.3, -0.25) is 4.79 Å². The quantitative estimate of drug-likeness (QED) is 0.856. The summed E-state index contributed by atoms with van der Waals surface area (Å²) in [6.07, 6.45) is 0.0202. The van der Waals surface area contributed by atoms with Crippen molar-refractivity contribution in [2.75, 3.05) is 24.5 Å². The zero-order valence-electron chi connectivity index (χ0n) is 11.4. The maximum Gasteiger partial charge on any atom is 0.240 e. The third-order valence-corrected chi connectivity index (χ3v) is 3.94. The molecule has 1 N–H and O–H groups in total. The van der Waals surface area contributed by atoms with E-state index in [-0.39, 0.29) is 25.1 Å². The highest BCUT2D eigenvalue weighted by Crippen LogP contribution is 2.37. The van der Waals surface area contributed by atoms with Crippen molar-refractivity contribution >= 4 is 27.5 Å². The molecule has 0 spiro atoms. The van der Waals surface area contributed by atoms with Gasteiger partial charge in [-0.1, -0.05) is 15.9 Å². The number of hydrogen-bond acceptors (Lipinski definition) is 4. The zero-order chi connectivity index (χ0) is 14.7. The van der Waals surface area contributed by atoms with E-state index in [1.165, 1.54) is 0 Å². The molecular weight excluding hydrogens is 322 g/mol. The van der Waals surface area contributed by atoms with E-state index in [9.17, 15) is 4.79 Å².